The summed E-state index contributed by atoms with van der Waals surface area (Å²) in [7, 11) is 0. The number of hydrogen-bond acceptors (Lipinski definition) is 0. The summed E-state index contributed by atoms with van der Waals surface area (Å²) in [5, 5.41) is 0. The average Bonchev–Trinajstić information content (AvgIpc) is 3.06. The van der Waals surface area contributed by atoms with Crippen molar-refractivity contribution in [2.45, 2.75) is 103 Å². The van der Waals surface area contributed by atoms with E-state index in [0.29, 0.717) is 23.1 Å². The van der Waals surface area contributed by atoms with Crippen LogP contribution in [0.2, 0.25) is 0 Å². The third-order valence-corrected chi connectivity index (χ3v) is 10.3. The van der Waals surface area contributed by atoms with Gasteiger partial charge in [0.05, 0.1) is 0 Å². The molecule has 3 aromatic rings. The Hall–Kier alpha value is -3.07. The molecule has 2 aliphatic carbocycles. The third kappa shape index (κ3) is 7.95. The largest absolute Gasteiger partial charge is 0.206 e. The van der Waals surface area contributed by atoms with Crippen molar-refractivity contribution in [1.29, 1.82) is 0 Å². The molecule has 44 heavy (non-hydrogen) atoms. The molecule has 3 aromatic carbocycles. The van der Waals surface area contributed by atoms with Gasteiger partial charge < -0.3 is 0 Å². The highest BCUT2D eigenvalue weighted by Gasteiger charge is 2.29. The molecule has 0 spiro atoms. The van der Waals surface area contributed by atoms with E-state index in [-0.39, 0.29) is 11.4 Å². The fraction of sp³-hybridized carbons (Fsp3) is 0.463. The summed E-state index contributed by atoms with van der Waals surface area (Å²) in [6.45, 7) is 6.03. The fourth-order valence-electron chi connectivity index (χ4n) is 7.55. The van der Waals surface area contributed by atoms with Gasteiger partial charge in [0, 0.05) is 11.1 Å². The molecule has 3 heteroatoms. The first kappa shape index (κ1) is 32.3. The number of hydrogen-bond donors (Lipinski definition) is 0. The Labute approximate surface area is 263 Å². The lowest BCUT2D eigenvalue weighted by molar-refractivity contribution is 0.190. The van der Waals surface area contributed by atoms with Crippen LogP contribution in [0.1, 0.15) is 108 Å². The van der Waals surface area contributed by atoms with Crippen molar-refractivity contribution in [2.75, 3.05) is 0 Å². The van der Waals surface area contributed by atoms with Crippen LogP contribution in [0, 0.1) is 35.2 Å². The summed E-state index contributed by atoms with van der Waals surface area (Å²) in [5.74, 6) is 0.676. The predicted octanol–water partition coefficient (Wildman–Crippen LogP) is 12.9. The maximum Gasteiger partial charge on any atom is 0.166 e. The molecule has 234 valence electrons. The summed E-state index contributed by atoms with van der Waals surface area (Å²) in [6, 6.07) is 16.2. The van der Waals surface area contributed by atoms with E-state index in [1.807, 2.05) is 30.3 Å². The fourth-order valence-corrected chi connectivity index (χ4v) is 7.55. The number of benzene rings is 3. The first-order chi connectivity index (χ1) is 21.5. The maximum absolute atomic E-state index is 15.4. The van der Waals surface area contributed by atoms with Crippen molar-refractivity contribution in [1.82, 2.24) is 0 Å². The zero-order chi connectivity index (χ0) is 30.9. The Bertz CT molecular complexity index is 1410. The van der Waals surface area contributed by atoms with Crippen molar-refractivity contribution in [3.05, 3.63) is 102 Å². The minimum absolute atomic E-state index is 0.197. The number of allylic oxidation sites excluding steroid dienone is 3. The lowest BCUT2D eigenvalue weighted by Crippen LogP contribution is -2.23. The van der Waals surface area contributed by atoms with Crippen LogP contribution in [0.25, 0.3) is 27.8 Å². The van der Waals surface area contributed by atoms with Gasteiger partial charge in [-0.05, 0) is 109 Å². The molecule has 0 nitrogen and oxygen atoms in total. The Balaban J connectivity index is 1.19. The van der Waals surface area contributed by atoms with Crippen LogP contribution in [0.4, 0.5) is 13.2 Å². The molecule has 0 saturated heterocycles. The van der Waals surface area contributed by atoms with E-state index in [9.17, 15) is 4.39 Å². The SMILES string of the molecule is C=CCCC1CCC(C2CC=C(c3ccc(-c4ccc(-c5ccc(CCCCCCC)c(F)c5F)cc4)cc3F)CC2)CC1. The Morgan fingerprint density at radius 2 is 1.43 bits per heavy atom. The molecule has 0 aliphatic heterocycles. The molecule has 0 amide bonds. The molecular formula is C41H49F3. The molecule has 0 bridgehead atoms. The summed E-state index contributed by atoms with van der Waals surface area (Å²) in [4.78, 5) is 0. The van der Waals surface area contributed by atoms with Crippen LogP contribution in [0.3, 0.4) is 0 Å². The first-order valence-electron chi connectivity index (χ1n) is 17.2. The van der Waals surface area contributed by atoms with Crippen molar-refractivity contribution in [2.24, 2.45) is 17.8 Å². The second kappa shape index (κ2) is 15.8. The number of rotatable bonds is 13. The second-order valence-corrected chi connectivity index (χ2v) is 13.2. The van der Waals surface area contributed by atoms with Crippen LogP contribution >= 0.6 is 0 Å². The van der Waals surface area contributed by atoms with Gasteiger partial charge in [-0.15, -0.1) is 6.58 Å². The highest BCUT2D eigenvalue weighted by molar-refractivity contribution is 5.74. The van der Waals surface area contributed by atoms with Gasteiger partial charge in [0.25, 0.3) is 0 Å². The molecule has 0 heterocycles. The number of halogens is 3. The summed E-state index contributed by atoms with van der Waals surface area (Å²) < 4.78 is 45.3. The number of unbranched alkanes of at least 4 members (excludes halogenated alkanes) is 4. The molecule has 1 atom stereocenters. The molecule has 5 rings (SSSR count). The van der Waals surface area contributed by atoms with Gasteiger partial charge in [-0.1, -0.05) is 106 Å². The van der Waals surface area contributed by atoms with E-state index in [2.05, 4.69) is 19.6 Å². The van der Waals surface area contributed by atoms with Crippen molar-refractivity contribution in [3.63, 3.8) is 0 Å². The minimum Gasteiger partial charge on any atom is -0.206 e. The van der Waals surface area contributed by atoms with Crippen LogP contribution in [-0.4, -0.2) is 0 Å². The standard InChI is InChI=1S/C41H49F3/c1-3-5-7-8-9-11-35-24-27-38(41(44)40(35)43)34-22-18-32(19-23-34)36-25-26-37(39(42)28-36)33-20-16-31(17-21-33)30-14-12-29(13-15-30)10-6-4-2/h4,18-20,22-31H,2-3,5-17,21H2,1H3. The molecular weight excluding hydrogens is 549 g/mol. The van der Waals surface area contributed by atoms with Gasteiger partial charge in [0.1, 0.15) is 5.82 Å². The zero-order valence-corrected chi connectivity index (χ0v) is 26.5. The third-order valence-electron chi connectivity index (χ3n) is 10.3. The monoisotopic (exact) mass is 598 g/mol. The van der Waals surface area contributed by atoms with Gasteiger partial charge in [-0.2, -0.15) is 0 Å². The maximum atomic E-state index is 15.4. The van der Waals surface area contributed by atoms with Gasteiger partial charge in [0.15, 0.2) is 11.6 Å². The topological polar surface area (TPSA) is 0 Å². The molecule has 1 saturated carbocycles. The Morgan fingerprint density at radius 3 is 2.11 bits per heavy atom. The van der Waals surface area contributed by atoms with Crippen LogP contribution < -0.4 is 0 Å². The van der Waals surface area contributed by atoms with Crippen LogP contribution in [-0.2, 0) is 6.42 Å². The quantitative estimate of drug-likeness (QED) is 0.136. The smallest absolute Gasteiger partial charge is 0.166 e. The highest BCUT2D eigenvalue weighted by atomic mass is 19.2. The normalized spacial score (nSPS) is 20.4. The van der Waals surface area contributed by atoms with Gasteiger partial charge in [-0.25, -0.2) is 13.2 Å². The Kier molecular flexibility index (Phi) is 11.6. The summed E-state index contributed by atoms with van der Waals surface area (Å²) in [6.07, 6.45) is 21.2. The molecule has 0 N–H and O–H groups in total. The highest BCUT2D eigenvalue weighted by Crippen LogP contribution is 2.42. The lowest BCUT2D eigenvalue weighted by atomic mass is 9.70. The van der Waals surface area contributed by atoms with E-state index >= 15 is 8.78 Å². The lowest BCUT2D eigenvalue weighted by Gasteiger charge is -2.35. The summed E-state index contributed by atoms with van der Waals surface area (Å²) >= 11 is 0. The molecule has 2 aliphatic rings. The minimum atomic E-state index is -0.793. The summed E-state index contributed by atoms with van der Waals surface area (Å²) in [5.41, 5.74) is 4.79. The average molecular weight is 599 g/mol. The van der Waals surface area contributed by atoms with E-state index in [0.717, 1.165) is 85.8 Å². The second-order valence-electron chi connectivity index (χ2n) is 13.2. The molecule has 1 unspecified atom stereocenters. The van der Waals surface area contributed by atoms with Crippen molar-refractivity contribution < 1.29 is 13.2 Å². The van der Waals surface area contributed by atoms with Crippen LogP contribution in [0.15, 0.2) is 73.3 Å². The van der Waals surface area contributed by atoms with Gasteiger partial charge in [-0.3, -0.25) is 0 Å². The molecule has 1 fully saturated rings. The van der Waals surface area contributed by atoms with Gasteiger partial charge >= 0.3 is 0 Å². The molecule has 0 aromatic heterocycles. The van der Waals surface area contributed by atoms with E-state index in [4.69, 9.17) is 0 Å². The zero-order valence-electron chi connectivity index (χ0n) is 26.5. The molecule has 0 radical (unpaired) electrons. The van der Waals surface area contributed by atoms with E-state index < -0.39 is 11.6 Å². The van der Waals surface area contributed by atoms with Crippen molar-refractivity contribution >= 4 is 5.57 Å². The van der Waals surface area contributed by atoms with Gasteiger partial charge in [0.2, 0.25) is 0 Å². The first-order valence-corrected chi connectivity index (χ1v) is 17.2. The van der Waals surface area contributed by atoms with E-state index in [1.165, 1.54) is 38.5 Å². The van der Waals surface area contributed by atoms with E-state index in [1.54, 1.807) is 30.3 Å². The number of aryl methyl sites for hydroxylation is 1. The van der Waals surface area contributed by atoms with Crippen LogP contribution in [0.5, 0.6) is 0 Å². The Morgan fingerprint density at radius 1 is 0.727 bits per heavy atom. The predicted molar refractivity (Wildman–Crippen MR) is 180 cm³/mol. The van der Waals surface area contributed by atoms with Crippen molar-refractivity contribution in [3.8, 4) is 22.3 Å².